The first kappa shape index (κ1) is 16.8. The molecule has 0 atom stereocenters. The molecule has 0 radical (unpaired) electrons. The van der Waals surface area contributed by atoms with Crippen molar-refractivity contribution in [2.45, 2.75) is 13.3 Å². The minimum Gasteiger partial charge on any atom is -0.497 e. The number of carbonyl (C=O) groups is 2. The molecule has 0 aliphatic carbocycles. The zero-order valence-corrected chi connectivity index (χ0v) is 12.6. The van der Waals surface area contributed by atoms with Crippen LogP contribution in [-0.2, 0) is 14.3 Å². The molecule has 0 unspecified atom stereocenters. The number of carbonyl (C=O) groups excluding carboxylic acids is 2. The van der Waals surface area contributed by atoms with Gasteiger partial charge in [0.2, 0.25) is 0 Å². The molecule has 0 bridgehead atoms. The number of esters is 1. The van der Waals surface area contributed by atoms with E-state index in [4.69, 9.17) is 14.2 Å². The van der Waals surface area contributed by atoms with Crippen LogP contribution in [0.25, 0.3) is 0 Å². The van der Waals surface area contributed by atoms with Gasteiger partial charge in [-0.05, 0) is 19.1 Å². The van der Waals surface area contributed by atoms with Crippen LogP contribution in [-0.4, -0.2) is 50.7 Å². The molecule has 0 fully saturated rings. The Morgan fingerprint density at radius 2 is 1.95 bits per heavy atom. The van der Waals surface area contributed by atoms with E-state index in [0.29, 0.717) is 24.7 Å². The van der Waals surface area contributed by atoms with Crippen LogP contribution >= 0.6 is 0 Å². The largest absolute Gasteiger partial charge is 0.497 e. The number of ether oxygens (including phenoxy) is 3. The maximum atomic E-state index is 11.9. The summed E-state index contributed by atoms with van der Waals surface area (Å²) in [6.07, 6.45) is 0.176. The minimum absolute atomic E-state index is 0.0908. The smallest absolute Gasteiger partial charge is 0.307 e. The van der Waals surface area contributed by atoms with Crippen molar-refractivity contribution in [3.63, 3.8) is 0 Å². The average Bonchev–Trinajstić information content (AvgIpc) is 2.50. The van der Waals surface area contributed by atoms with Gasteiger partial charge in [0.1, 0.15) is 11.5 Å². The molecular formula is C15H21NO5. The first-order valence-electron chi connectivity index (χ1n) is 6.73. The lowest BCUT2D eigenvalue weighted by molar-refractivity contribution is -0.144. The van der Waals surface area contributed by atoms with Crippen LogP contribution in [0.5, 0.6) is 11.5 Å². The summed E-state index contributed by atoms with van der Waals surface area (Å²) in [5, 5.41) is 0. The lowest BCUT2D eigenvalue weighted by Gasteiger charge is -2.17. The fourth-order valence-corrected chi connectivity index (χ4v) is 1.56. The van der Waals surface area contributed by atoms with Crippen LogP contribution in [0.1, 0.15) is 13.3 Å². The summed E-state index contributed by atoms with van der Waals surface area (Å²) in [6.45, 7) is 2.30. The molecule has 0 aromatic heterocycles. The molecule has 116 valence electrons. The van der Waals surface area contributed by atoms with Crippen molar-refractivity contribution in [3.05, 3.63) is 24.3 Å². The van der Waals surface area contributed by atoms with E-state index in [2.05, 4.69) is 0 Å². The molecule has 0 N–H and O–H groups in total. The summed E-state index contributed by atoms with van der Waals surface area (Å²) in [7, 11) is 3.18. The molecule has 1 aromatic rings. The van der Waals surface area contributed by atoms with Gasteiger partial charge in [-0.1, -0.05) is 6.07 Å². The Labute approximate surface area is 124 Å². The molecule has 6 nitrogen and oxygen atoms in total. The highest BCUT2D eigenvalue weighted by Gasteiger charge is 2.12. The molecule has 6 heteroatoms. The Kier molecular flexibility index (Phi) is 7.08. The third kappa shape index (κ3) is 6.16. The number of amides is 1. The second kappa shape index (κ2) is 8.84. The number of benzene rings is 1. The lowest BCUT2D eigenvalue weighted by atomic mass is 10.3. The van der Waals surface area contributed by atoms with E-state index in [1.165, 1.54) is 4.90 Å². The monoisotopic (exact) mass is 295 g/mol. The third-order valence-electron chi connectivity index (χ3n) is 2.79. The second-order valence-electron chi connectivity index (χ2n) is 4.34. The highest BCUT2D eigenvalue weighted by atomic mass is 16.5. The van der Waals surface area contributed by atoms with Crippen molar-refractivity contribution in [2.24, 2.45) is 0 Å². The van der Waals surface area contributed by atoms with Crippen molar-refractivity contribution >= 4 is 11.9 Å². The zero-order chi connectivity index (χ0) is 15.7. The Balaban J connectivity index is 2.36. The van der Waals surface area contributed by atoms with Gasteiger partial charge in [-0.3, -0.25) is 9.59 Å². The molecule has 1 amide bonds. The predicted molar refractivity (Wildman–Crippen MR) is 77.4 cm³/mol. The van der Waals surface area contributed by atoms with Crippen LogP contribution in [0.4, 0.5) is 0 Å². The van der Waals surface area contributed by atoms with E-state index in [9.17, 15) is 9.59 Å². The Morgan fingerprint density at radius 1 is 1.24 bits per heavy atom. The number of rotatable bonds is 8. The van der Waals surface area contributed by atoms with Crippen LogP contribution in [0.3, 0.4) is 0 Å². The van der Waals surface area contributed by atoms with E-state index in [-0.39, 0.29) is 24.9 Å². The molecule has 0 heterocycles. The fourth-order valence-electron chi connectivity index (χ4n) is 1.56. The van der Waals surface area contributed by atoms with Crippen LogP contribution < -0.4 is 9.47 Å². The third-order valence-corrected chi connectivity index (χ3v) is 2.79. The molecule has 0 aliphatic heterocycles. The first-order chi connectivity index (χ1) is 10.1. The zero-order valence-electron chi connectivity index (χ0n) is 12.6. The Morgan fingerprint density at radius 3 is 2.62 bits per heavy atom. The van der Waals surface area contributed by atoms with Gasteiger partial charge in [0.15, 0.2) is 6.61 Å². The summed E-state index contributed by atoms with van der Waals surface area (Å²) < 4.78 is 15.3. The molecule has 0 saturated carbocycles. The van der Waals surface area contributed by atoms with E-state index < -0.39 is 0 Å². The summed E-state index contributed by atoms with van der Waals surface area (Å²) in [4.78, 5) is 24.5. The summed E-state index contributed by atoms with van der Waals surface area (Å²) in [6, 6.07) is 7.02. The average molecular weight is 295 g/mol. The molecule has 1 aromatic carbocycles. The minimum atomic E-state index is -0.314. The number of hydrogen-bond donors (Lipinski definition) is 0. The number of likely N-dealkylation sites (N-methyl/N-ethyl adjacent to an activating group) is 1. The number of hydrogen-bond acceptors (Lipinski definition) is 5. The molecule has 0 aliphatic rings. The van der Waals surface area contributed by atoms with Crippen LogP contribution in [0.15, 0.2) is 24.3 Å². The summed E-state index contributed by atoms with van der Waals surface area (Å²) in [5.41, 5.74) is 0. The van der Waals surface area contributed by atoms with Gasteiger partial charge in [0, 0.05) is 19.7 Å². The lowest BCUT2D eigenvalue weighted by Crippen LogP contribution is -2.33. The van der Waals surface area contributed by atoms with Gasteiger partial charge < -0.3 is 19.1 Å². The van der Waals surface area contributed by atoms with E-state index in [1.807, 2.05) is 0 Å². The Bertz CT molecular complexity index is 475. The standard InChI is InChI=1S/C15H21NO5/c1-4-20-15(18)8-9-16(2)14(17)11-21-13-7-5-6-12(10-13)19-3/h5-7,10H,4,8-9,11H2,1-3H3. The van der Waals surface area contributed by atoms with Crippen molar-refractivity contribution in [1.29, 1.82) is 0 Å². The van der Waals surface area contributed by atoms with Gasteiger partial charge in [-0.15, -0.1) is 0 Å². The van der Waals surface area contributed by atoms with E-state index in [0.717, 1.165) is 0 Å². The Hall–Kier alpha value is -2.24. The maximum absolute atomic E-state index is 11.9. The highest BCUT2D eigenvalue weighted by molar-refractivity contribution is 5.78. The van der Waals surface area contributed by atoms with Crippen LogP contribution in [0, 0.1) is 0 Å². The van der Waals surface area contributed by atoms with Gasteiger partial charge in [-0.2, -0.15) is 0 Å². The highest BCUT2D eigenvalue weighted by Crippen LogP contribution is 2.18. The number of methoxy groups -OCH3 is 1. The normalized spacial score (nSPS) is 9.86. The second-order valence-corrected chi connectivity index (χ2v) is 4.34. The van der Waals surface area contributed by atoms with E-state index in [1.54, 1.807) is 45.3 Å². The predicted octanol–water partition coefficient (Wildman–Crippen LogP) is 1.49. The van der Waals surface area contributed by atoms with E-state index >= 15 is 0 Å². The number of nitrogens with zero attached hydrogens (tertiary/aromatic N) is 1. The van der Waals surface area contributed by atoms with Crippen molar-refractivity contribution < 1.29 is 23.8 Å². The van der Waals surface area contributed by atoms with Gasteiger partial charge >= 0.3 is 5.97 Å². The van der Waals surface area contributed by atoms with Gasteiger partial charge in [-0.25, -0.2) is 0 Å². The summed E-state index contributed by atoms with van der Waals surface area (Å²) in [5.74, 6) is 0.699. The van der Waals surface area contributed by atoms with Crippen molar-refractivity contribution in [2.75, 3.05) is 33.9 Å². The quantitative estimate of drug-likeness (QED) is 0.680. The molecule has 0 spiro atoms. The molecule has 0 saturated heterocycles. The fraction of sp³-hybridized carbons (Fsp3) is 0.467. The maximum Gasteiger partial charge on any atom is 0.307 e. The van der Waals surface area contributed by atoms with Gasteiger partial charge in [0.25, 0.3) is 5.91 Å². The van der Waals surface area contributed by atoms with Crippen LogP contribution in [0.2, 0.25) is 0 Å². The van der Waals surface area contributed by atoms with Crippen molar-refractivity contribution in [3.8, 4) is 11.5 Å². The molecule has 21 heavy (non-hydrogen) atoms. The summed E-state index contributed by atoms with van der Waals surface area (Å²) >= 11 is 0. The first-order valence-corrected chi connectivity index (χ1v) is 6.73. The van der Waals surface area contributed by atoms with Crippen molar-refractivity contribution in [1.82, 2.24) is 4.90 Å². The van der Waals surface area contributed by atoms with Gasteiger partial charge in [0.05, 0.1) is 20.1 Å². The topological polar surface area (TPSA) is 65.1 Å². The molecular weight excluding hydrogens is 274 g/mol. The SMILES string of the molecule is CCOC(=O)CCN(C)C(=O)COc1cccc(OC)c1. The molecule has 1 rings (SSSR count).